The van der Waals surface area contributed by atoms with Crippen molar-refractivity contribution in [2.24, 2.45) is 5.92 Å². The highest BCUT2D eigenvalue weighted by Gasteiger charge is 2.35. The lowest BCUT2D eigenvalue weighted by molar-refractivity contribution is 0.0521. The van der Waals surface area contributed by atoms with Gasteiger partial charge in [-0.05, 0) is 29.7 Å². The van der Waals surface area contributed by atoms with Crippen LogP contribution in [0, 0.1) is 5.92 Å². The molecule has 1 nitrogen and oxygen atoms in total. The topological polar surface area (TPSA) is 20.2 Å². The third kappa shape index (κ3) is 5.76. The van der Waals surface area contributed by atoms with Gasteiger partial charge in [-0.15, -0.1) is 0 Å². The van der Waals surface area contributed by atoms with E-state index in [-0.39, 0.29) is 11.5 Å². The van der Waals surface area contributed by atoms with Crippen LogP contribution in [-0.2, 0) is 5.41 Å². The van der Waals surface area contributed by atoms with Crippen molar-refractivity contribution >= 4 is 0 Å². The molecule has 0 heterocycles. The number of rotatable bonds is 11. The molecular weight excluding hydrogens is 268 g/mol. The predicted molar refractivity (Wildman–Crippen MR) is 97.2 cm³/mol. The minimum atomic E-state index is -0.189. The summed E-state index contributed by atoms with van der Waals surface area (Å²) in [6.07, 6.45) is 9.41. The first-order chi connectivity index (χ1) is 10.5. The summed E-state index contributed by atoms with van der Waals surface area (Å²) in [6, 6.07) is 10.7. The maximum atomic E-state index is 10.7. The fraction of sp³-hybridized carbons (Fsp3) is 0.714. The van der Waals surface area contributed by atoms with Crippen molar-refractivity contribution in [1.29, 1.82) is 0 Å². The van der Waals surface area contributed by atoms with Crippen LogP contribution >= 0.6 is 0 Å². The van der Waals surface area contributed by atoms with Crippen LogP contribution in [0.3, 0.4) is 0 Å². The Morgan fingerprint density at radius 3 is 2.09 bits per heavy atom. The molecule has 0 saturated carbocycles. The van der Waals surface area contributed by atoms with E-state index >= 15 is 0 Å². The maximum Gasteiger partial charge on any atom is 0.0576 e. The molecule has 0 aliphatic carbocycles. The lowest BCUT2D eigenvalue weighted by Crippen LogP contribution is -2.37. The molecule has 1 aromatic carbocycles. The quantitative estimate of drug-likeness (QED) is 0.490. The van der Waals surface area contributed by atoms with E-state index < -0.39 is 0 Å². The van der Waals surface area contributed by atoms with Gasteiger partial charge in [-0.3, -0.25) is 0 Å². The van der Waals surface area contributed by atoms with Gasteiger partial charge in [0.25, 0.3) is 0 Å². The highest BCUT2D eigenvalue weighted by molar-refractivity contribution is 5.25. The largest absolute Gasteiger partial charge is 0.393 e. The molecule has 1 rings (SSSR count). The van der Waals surface area contributed by atoms with E-state index in [9.17, 15) is 5.11 Å². The summed E-state index contributed by atoms with van der Waals surface area (Å²) in [7, 11) is 0. The Bertz CT molecular complexity index is 382. The van der Waals surface area contributed by atoms with Crippen molar-refractivity contribution in [3.05, 3.63) is 35.9 Å². The second kappa shape index (κ2) is 10.0. The third-order valence-corrected chi connectivity index (χ3v) is 5.11. The zero-order valence-corrected chi connectivity index (χ0v) is 15.1. The Labute approximate surface area is 138 Å². The van der Waals surface area contributed by atoms with Gasteiger partial charge in [0.15, 0.2) is 0 Å². The predicted octanol–water partition coefficient (Wildman–Crippen LogP) is 6.10. The molecule has 0 bridgehead atoms. The number of aliphatic hydroxyl groups excluding tert-OH is 1. The van der Waals surface area contributed by atoms with Gasteiger partial charge in [0.05, 0.1) is 6.10 Å². The highest BCUT2D eigenvalue weighted by Crippen LogP contribution is 2.38. The summed E-state index contributed by atoms with van der Waals surface area (Å²) in [5.41, 5.74) is 1.38. The van der Waals surface area contributed by atoms with Crippen molar-refractivity contribution in [2.45, 2.75) is 90.6 Å². The van der Waals surface area contributed by atoms with Crippen molar-refractivity contribution in [2.75, 3.05) is 0 Å². The molecule has 22 heavy (non-hydrogen) atoms. The van der Waals surface area contributed by atoms with Crippen LogP contribution in [0.15, 0.2) is 30.3 Å². The van der Waals surface area contributed by atoms with Gasteiger partial charge in [-0.2, -0.15) is 0 Å². The summed E-state index contributed by atoms with van der Waals surface area (Å²) >= 11 is 0. The lowest BCUT2D eigenvalue weighted by Gasteiger charge is -2.38. The van der Waals surface area contributed by atoms with Crippen molar-refractivity contribution in [3.63, 3.8) is 0 Å². The Hall–Kier alpha value is -0.820. The molecule has 1 aromatic rings. The second-order valence-electron chi connectivity index (χ2n) is 7.25. The van der Waals surface area contributed by atoms with Crippen LogP contribution in [-0.4, -0.2) is 11.2 Å². The van der Waals surface area contributed by atoms with Gasteiger partial charge < -0.3 is 5.11 Å². The normalized spacial score (nSPS) is 14.8. The van der Waals surface area contributed by atoms with E-state index in [0.717, 1.165) is 19.3 Å². The summed E-state index contributed by atoms with van der Waals surface area (Å²) in [6.45, 7) is 9.03. The van der Waals surface area contributed by atoms with Crippen molar-refractivity contribution < 1.29 is 5.11 Å². The standard InChI is InChI=1S/C21H36O/c1-5-7-8-9-13-17-19(20(22)14-6-2)21(3,4)18-15-11-10-12-16-18/h10-12,15-16,19-20,22H,5-9,13-14,17H2,1-4H3. The van der Waals surface area contributed by atoms with Gasteiger partial charge in [0, 0.05) is 0 Å². The van der Waals surface area contributed by atoms with Crippen LogP contribution in [0.2, 0.25) is 0 Å². The van der Waals surface area contributed by atoms with Crippen LogP contribution in [0.25, 0.3) is 0 Å². The fourth-order valence-corrected chi connectivity index (χ4v) is 3.58. The van der Waals surface area contributed by atoms with Gasteiger partial charge in [0.2, 0.25) is 0 Å². The third-order valence-electron chi connectivity index (χ3n) is 5.11. The second-order valence-corrected chi connectivity index (χ2v) is 7.25. The zero-order valence-electron chi connectivity index (χ0n) is 15.1. The average molecular weight is 305 g/mol. The fourth-order valence-electron chi connectivity index (χ4n) is 3.58. The van der Waals surface area contributed by atoms with Crippen molar-refractivity contribution in [3.8, 4) is 0 Å². The summed E-state index contributed by atoms with van der Waals surface area (Å²) in [4.78, 5) is 0. The molecular formula is C21H36O. The van der Waals surface area contributed by atoms with Crippen LogP contribution < -0.4 is 0 Å². The number of unbranched alkanes of at least 4 members (excludes halogenated alkanes) is 4. The monoisotopic (exact) mass is 304 g/mol. The summed E-state index contributed by atoms with van der Waals surface area (Å²) in [5, 5.41) is 10.7. The Morgan fingerprint density at radius 2 is 1.50 bits per heavy atom. The van der Waals surface area contributed by atoms with E-state index in [1.165, 1.54) is 37.7 Å². The minimum absolute atomic E-state index is 0.0284. The molecule has 1 N–H and O–H groups in total. The number of hydrogen-bond acceptors (Lipinski definition) is 1. The Morgan fingerprint density at radius 1 is 0.864 bits per heavy atom. The maximum absolute atomic E-state index is 10.7. The molecule has 0 aliphatic rings. The molecule has 0 aromatic heterocycles. The van der Waals surface area contributed by atoms with E-state index in [1.54, 1.807) is 0 Å². The van der Waals surface area contributed by atoms with Crippen LogP contribution in [0.5, 0.6) is 0 Å². The lowest BCUT2D eigenvalue weighted by atomic mass is 9.68. The van der Waals surface area contributed by atoms with Gasteiger partial charge in [0.1, 0.15) is 0 Å². The summed E-state index contributed by atoms with van der Waals surface area (Å²) < 4.78 is 0. The van der Waals surface area contributed by atoms with E-state index in [4.69, 9.17) is 0 Å². The first-order valence-corrected chi connectivity index (χ1v) is 9.27. The van der Waals surface area contributed by atoms with Crippen molar-refractivity contribution in [1.82, 2.24) is 0 Å². The first kappa shape index (κ1) is 19.2. The Balaban J connectivity index is 2.75. The zero-order chi connectivity index (χ0) is 16.4. The SMILES string of the molecule is CCCCCCCC(C(O)CCC)C(C)(C)c1ccccc1. The van der Waals surface area contributed by atoms with E-state index in [2.05, 4.69) is 58.0 Å². The molecule has 2 atom stereocenters. The molecule has 0 aliphatic heterocycles. The highest BCUT2D eigenvalue weighted by atomic mass is 16.3. The molecule has 2 unspecified atom stereocenters. The molecule has 0 saturated heterocycles. The van der Waals surface area contributed by atoms with E-state index in [1.807, 2.05) is 0 Å². The molecule has 0 fully saturated rings. The van der Waals surface area contributed by atoms with Gasteiger partial charge in [-0.25, -0.2) is 0 Å². The summed E-state index contributed by atoms with van der Waals surface area (Å²) in [5.74, 6) is 0.344. The molecule has 0 radical (unpaired) electrons. The number of aliphatic hydroxyl groups is 1. The smallest absolute Gasteiger partial charge is 0.0576 e. The average Bonchev–Trinajstić information content (AvgIpc) is 2.51. The molecule has 0 amide bonds. The number of hydrogen-bond donors (Lipinski definition) is 1. The molecule has 126 valence electrons. The van der Waals surface area contributed by atoms with E-state index in [0.29, 0.717) is 5.92 Å². The van der Waals surface area contributed by atoms with Gasteiger partial charge >= 0.3 is 0 Å². The molecule has 1 heteroatoms. The minimum Gasteiger partial charge on any atom is -0.393 e. The molecule has 0 spiro atoms. The van der Waals surface area contributed by atoms with Crippen LogP contribution in [0.4, 0.5) is 0 Å². The van der Waals surface area contributed by atoms with Crippen LogP contribution in [0.1, 0.15) is 84.6 Å². The van der Waals surface area contributed by atoms with Gasteiger partial charge in [-0.1, -0.05) is 96.6 Å². The number of benzene rings is 1. The Kier molecular flexibility index (Phi) is 8.78. The first-order valence-electron chi connectivity index (χ1n) is 9.27.